The Morgan fingerprint density at radius 3 is 1.44 bits per heavy atom. The van der Waals surface area contributed by atoms with Crippen molar-refractivity contribution in [3.8, 4) is 0 Å². The van der Waals surface area contributed by atoms with Crippen molar-refractivity contribution in [1.82, 2.24) is 0 Å². The number of epoxide rings is 1. The summed E-state index contributed by atoms with van der Waals surface area (Å²) in [6, 6.07) is 10.2. The summed E-state index contributed by atoms with van der Waals surface area (Å²) in [4.78, 5) is 0. The minimum Gasteiger partial charge on any atom is -0.546 e. The summed E-state index contributed by atoms with van der Waals surface area (Å²) in [5, 5.41) is 0. The van der Waals surface area contributed by atoms with Crippen molar-refractivity contribution < 1.29 is 27.2 Å². The van der Waals surface area contributed by atoms with Gasteiger partial charge in [-0.25, -0.2) is 0 Å². The molecule has 0 aromatic carbocycles. The molecule has 308 valence electrons. The highest BCUT2D eigenvalue weighted by Crippen LogP contribution is 2.46. The van der Waals surface area contributed by atoms with Crippen molar-refractivity contribution in [2.24, 2.45) is 11.8 Å². The molecule has 2 saturated heterocycles. The summed E-state index contributed by atoms with van der Waals surface area (Å²) in [6.45, 7) is 45.0. The maximum absolute atomic E-state index is 7.66. The van der Waals surface area contributed by atoms with Crippen molar-refractivity contribution in [1.29, 1.82) is 0 Å². The van der Waals surface area contributed by atoms with Gasteiger partial charge in [0.15, 0.2) is 25.0 Å². The van der Waals surface area contributed by atoms with Crippen LogP contribution in [0.25, 0.3) is 0 Å². The van der Waals surface area contributed by atoms with Gasteiger partial charge in [-0.05, 0) is 84.4 Å². The van der Waals surface area contributed by atoms with Crippen molar-refractivity contribution in [3.63, 3.8) is 0 Å². The second kappa shape index (κ2) is 21.1. The van der Waals surface area contributed by atoms with Crippen LogP contribution in [0, 0.1) is 11.8 Å². The van der Waals surface area contributed by atoms with Crippen molar-refractivity contribution in [2.75, 3.05) is 6.61 Å². The predicted molar refractivity (Wildman–Crippen MR) is 233 cm³/mol. The Balaban J connectivity index is 2.51. The first-order chi connectivity index (χ1) is 24.4. The zero-order chi connectivity index (χ0) is 39.7. The van der Waals surface area contributed by atoms with E-state index in [1.165, 1.54) is 18.1 Å². The number of hydrogen-bond donors (Lipinski definition) is 0. The number of ether oxygens (including phenoxy) is 2. The van der Waals surface area contributed by atoms with Gasteiger partial charge in [0.2, 0.25) is 0 Å². The third kappa shape index (κ3) is 11.2. The van der Waals surface area contributed by atoms with Crippen LogP contribution in [-0.4, -0.2) is 76.5 Å². The van der Waals surface area contributed by atoms with E-state index in [9.17, 15) is 0 Å². The van der Waals surface area contributed by atoms with Gasteiger partial charge in [0.25, 0.3) is 8.32 Å². The van der Waals surface area contributed by atoms with E-state index < -0.39 is 33.3 Å². The van der Waals surface area contributed by atoms with Crippen LogP contribution in [-0.2, 0) is 27.2 Å². The van der Waals surface area contributed by atoms with Gasteiger partial charge in [-0.2, -0.15) is 0 Å². The van der Waals surface area contributed by atoms with Gasteiger partial charge in [0, 0.05) is 24.4 Å². The third-order valence-corrected chi connectivity index (χ3v) is 34.6. The molecule has 2 aliphatic rings. The maximum atomic E-state index is 7.66. The van der Waals surface area contributed by atoms with Crippen LogP contribution in [0.3, 0.4) is 0 Å². The molecule has 6 nitrogen and oxygen atoms in total. The molecule has 10 heteroatoms. The van der Waals surface area contributed by atoms with Gasteiger partial charge < -0.3 is 27.2 Å². The molecule has 0 N–H and O–H groups in total. The maximum Gasteiger partial charge on any atom is 0.258 e. The molecular formula is C42H88O6Si4. The Bertz CT molecular complexity index is 997. The fourth-order valence-electron chi connectivity index (χ4n) is 9.92. The van der Waals surface area contributed by atoms with E-state index in [2.05, 4.69) is 124 Å². The highest BCUT2D eigenvalue weighted by Gasteiger charge is 2.54. The Morgan fingerprint density at radius 1 is 0.615 bits per heavy atom. The SMILES string of the molecule is C=C(C[C@@H]1OC[C@H](C[C@@H]2O[C@H]2[C@@H](C)[C@H](C)O[Si](CC)(CC)CC)[C@@H](O[Si](CC)(CC)CC)[C@H]1O[Si](CC)(CC)CC)O[Si](C(C)C)(C(C)C)C(C)C. The van der Waals surface area contributed by atoms with E-state index in [0.29, 0.717) is 35.6 Å². The number of hydrogen-bond acceptors (Lipinski definition) is 6. The van der Waals surface area contributed by atoms with Crippen LogP contribution in [0.1, 0.15) is 131 Å². The van der Waals surface area contributed by atoms with Crippen molar-refractivity contribution in [3.05, 3.63) is 12.3 Å². The summed E-state index contributed by atoms with van der Waals surface area (Å²) < 4.78 is 42.9. The normalized spacial score (nSPS) is 25.9. The topological polar surface area (TPSA) is 58.7 Å². The van der Waals surface area contributed by atoms with E-state index in [1.54, 1.807) is 0 Å². The van der Waals surface area contributed by atoms with E-state index in [-0.39, 0.29) is 42.5 Å². The predicted octanol–water partition coefficient (Wildman–Crippen LogP) is 13.1. The zero-order valence-corrected chi connectivity index (χ0v) is 41.5. The highest BCUT2D eigenvalue weighted by molar-refractivity contribution is 6.78. The largest absolute Gasteiger partial charge is 0.546 e. The quantitative estimate of drug-likeness (QED) is 0.0493. The van der Waals surface area contributed by atoms with Crippen LogP contribution in [0.5, 0.6) is 0 Å². The molecular weight excluding hydrogens is 713 g/mol. The zero-order valence-electron chi connectivity index (χ0n) is 37.5. The van der Waals surface area contributed by atoms with Gasteiger partial charge in [0.1, 0.15) is 0 Å². The summed E-state index contributed by atoms with van der Waals surface area (Å²) in [6.07, 6.45) is 1.93. The van der Waals surface area contributed by atoms with E-state index >= 15 is 0 Å². The molecule has 2 rings (SSSR count). The summed E-state index contributed by atoms with van der Waals surface area (Å²) in [5.41, 5.74) is 1.46. The van der Waals surface area contributed by atoms with Crippen LogP contribution in [0.4, 0.5) is 0 Å². The molecule has 0 unspecified atom stereocenters. The second-order valence-corrected chi connectivity index (χ2v) is 37.3. The van der Waals surface area contributed by atoms with E-state index in [1.807, 2.05) is 0 Å². The molecule has 2 aliphatic heterocycles. The number of rotatable bonds is 26. The molecule has 2 fully saturated rings. The Labute approximate surface area is 328 Å². The van der Waals surface area contributed by atoms with Crippen LogP contribution in [0.15, 0.2) is 12.3 Å². The fraction of sp³-hybridized carbons (Fsp3) is 0.952. The highest BCUT2D eigenvalue weighted by atomic mass is 28.4. The standard InChI is InChI=1S/C42H88O6Si4/c1-19-49(20-2,21-3)46-36(18)35(17)40-39(44-40)29-37-30-43-38(28-34(16)45-52(31(10)11,32(12)13)33(14)15)42(48-51(25-7,26-8)27-9)41(37)47-50(22-4,23-5)24-6/h31-33,35-42H,16,19-30H2,1-15,17-18H3/t35-,36-,37-,38-,39-,40-,41+,42-/m0/s1. The average Bonchev–Trinajstić information content (AvgIpc) is 3.90. The molecule has 0 amide bonds. The molecule has 0 spiro atoms. The fourth-order valence-corrected chi connectivity index (χ4v) is 24.0. The van der Waals surface area contributed by atoms with Crippen molar-refractivity contribution >= 4 is 33.3 Å². The lowest BCUT2D eigenvalue weighted by Gasteiger charge is -2.50. The van der Waals surface area contributed by atoms with E-state index in [0.717, 1.165) is 48.4 Å². The summed E-state index contributed by atoms with van der Waals surface area (Å²) >= 11 is 0. The average molecular weight is 802 g/mol. The molecule has 0 bridgehead atoms. The summed E-state index contributed by atoms with van der Waals surface area (Å²) in [7, 11) is -7.87. The minimum absolute atomic E-state index is 0.0222. The Morgan fingerprint density at radius 2 is 1.04 bits per heavy atom. The molecule has 0 saturated carbocycles. The molecule has 8 atom stereocenters. The molecule has 0 aromatic heterocycles. The first-order valence-electron chi connectivity index (χ1n) is 22.1. The Kier molecular flexibility index (Phi) is 19.6. The molecule has 52 heavy (non-hydrogen) atoms. The second-order valence-electron chi connectivity index (χ2n) is 17.7. The van der Waals surface area contributed by atoms with Crippen molar-refractivity contribution in [2.45, 2.75) is 238 Å². The first kappa shape index (κ1) is 48.4. The lowest BCUT2D eigenvalue weighted by atomic mass is 9.86. The lowest BCUT2D eigenvalue weighted by molar-refractivity contribution is -0.155. The minimum atomic E-state index is -2.15. The smallest absolute Gasteiger partial charge is 0.258 e. The van der Waals surface area contributed by atoms with Gasteiger partial charge in [-0.15, -0.1) is 0 Å². The first-order valence-corrected chi connectivity index (χ1v) is 31.8. The summed E-state index contributed by atoms with van der Waals surface area (Å²) in [5.74, 6) is 1.45. The molecule has 0 aromatic rings. The van der Waals surface area contributed by atoms with Gasteiger partial charge >= 0.3 is 0 Å². The lowest BCUT2D eigenvalue weighted by Crippen LogP contribution is -2.60. The van der Waals surface area contributed by atoms with Crippen LogP contribution in [0.2, 0.25) is 71.0 Å². The Hall–Kier alpha value is 0.208. The van der Waals surface area contributed by atoms with Crippen LogP contribution >= 0.6 is 0 Å². The monoisotopic (exact) mass is 801 g/mol. The molecule has 0 aliphatic carbocycles. The van der Waals surface area contributed by atoms with Gasteiger partial charge in [-0.3, -0.25) is 0 Å². The van der Waals surface area contributed by atoms with Gasteiger partial charge in [-0.1, -0.05) is 117 Å². The van der Waals surface area contributed by atoms with Crippen LogP contribution < -0.4 is 0 Å². The third-order valence-electron chi connectivity index (χ3n) is 14.6. The molecule has 2 heterocycles. The molecule has 0 radical (unpaired) electrons. The van der Waals surface area contributed by atoms with Gasteiger partial charge in [0.05, 0.1) is 42.9 Å². The van der Waals surface area contributed by atoms with E-state index in [4.69, 9.17) is 27.2 Å².